The first-order valence-electron chi connectivity index (χ1n) is 10.7. The molecule has 1 unspecified atom stereocenters. The van der Waals surface area contributed by atoms with Gasteiger partial charge in [0.05, 0.1) is 20.1 Å². The number of esters is 1. The van der Waals surface area contributed by atoms with Gasteiger partial charge >= 0.3 is 5.97 Å². The average molecular weight is 470 g/mol. The van der Waals surface area contributed by atoms with Crippen LogP contribution in [0.25, 0.3) is 0 Å². The Bertz CT molecular complexity index is 997. The van der Waals surface area contributed by atoms with Gasteiger partial charge in [-0.3, -0.25) is 19.3 Å². The number of nitrogens with zero attached hydrogens (tertiary/aromatic N) is 2. The number of carbonyl (C=O) groups excluding carboxylic acids is 3. The van der Waals surface area contributed by atoms with E-state index < -0.39 is 12.0 Å². The van der Waals surface area contributed by atoms with Crippen molar-refractivity contribution >= 4 is 40.8 Å². The van der Waals surface area contributed by atoms with Crippen molar-refractivity contribution in [2.45, 2.75) is 25.8 Å². The number of methoxy groups -OCH3 is 1. The summed E-state index contributed by atoms with van der Waals surface area (Å²) < 4.78 is 10.2. The van der Waals surface area contributed by atoms with Gasteiger partial charge in [-0.2, -0.15) is 0 Å². The van der Waals surface area contributed by atoms with Crippen LogP contribution < -0.4 is 10.1 Å². The molecule has 1 aliphatic rings. The summed E-state index contributed by atoms with van der Waals surface area (Å²) in [5, 5.41) is 3.01. The third-order valence-corrected chi connectivity index (χ3v) is 5.68. The molecule has 2 aromatic rings. The summed E-state index contributed by atoms with van der Waals surface area (Å²) in [6.07, 6.45) is 0.453. The normalized spacial score (nSPS) is 15.5. The monoisotopic (exact) mass is 469 g/mol. The number of rotatable bonds is 10. The first-order valence-corrected chi connectivity index (χ1v) is 11.1. The number of hydrogen-bond donors (Lipinski definition) is 1. The average Bonchev–Trinajstić information content (AvgIpc) is 3.03. The molecule has 1 N–H and O–H groups in total. The summed E-state index contributed by atoms with van der Waals surface area (Å²) in [6, 6.07) is 15.8. The Morgan fingerprint density at radius 3 is 2.42 bits per heavy atom. The highest BCUT2D eigenvalue weighted by Crippen LogP contribution is 2.23. The Kier molecular flexibility index (Phi) is 8.37. The summed E-state index contributed by atoms with van der Waals surface area (Å²) in [5.74, 6) is -0.501. The van der Waals surface area contributed by atoms with E-state index in [0.29, 0.717) is 31.0 Å². The quantitative estimate of drug-likeness (QED) is 0.423. The summed E-state index contributed by atoms with van der Waals surface area (Å²) in [5.41, 5.74) is 1.64. The van der Waals surface area contributed by atoms with Gasteiger partial charge in [-0.15, -0.1) is 0 Å². The van der Waals surface area contributed by atoms with E-state index >= 15 is 0 Å². The SMILES string of the molecule is CCOc1ccc(NC(=O)CC2C(=O)N(CCc3ccccc3)C(=S)N2CC(=O)OC)cc1. The Labute approximate surface area is 198 Å². The Balaban J connectivity index is 1.69. The minimum Gasteiger partial charge on any atom is -0.494 e. The predicted octanol–water partition coefficient (Wildman–Crippen LogP) is 2.63. The highest BCUT2D eigenvalue weighted by atomic mass is 32.1. The molecule has 1 heterocycles. The van der Waals surface area contributed by atoms with Crippen LogP contribution in [0.5, 0.6) is 5.75 Å². The minimum atomic E-state index is -0.880. The topological polar surface area (TPSA) is 88.2 Å². The van der Waals surface area contributed by atoms with Crippen molar-refractivity contribution in [3.8, 4) is 5.75 Å². The van der Waals surface area contributed by atoms with Gasteiger partial charge in [-0.1, -0.05) is 30.3 Å². The van der Waals surface area contributed by atoms with Crippen LogP contribution in [0, 0.1) is 0 Å². The van der Waals surface area contributed by atoms with Crippen molar-refractivity contribution < 1.29 is 23.9 Å². The van der Waals surface area contributed by atoms with E-state index in [2.05, 4.69) is 5.32 Å². The molecular weight excluding hydrogens is 442 g/mol. The van der Waals surface area contributed by atoms with Gasteiger partial charge in [0.1, 0.15) is 18.3 Å². The van der Waals surface area contributed by atoms with Crippen LogP contribution >= 0.6 is 12.2 Å². The molecule has 0 saturated carbocycles. The minimum absolute atomic E-state index is 0.148. The molecule has 0 bridgehead atoms. The molecule has 0 aliphatic carbocycles. The van der Waals surface area contributed by atoms with Gasteiger partial charge in [-0.05, 0) is 55.4 Å². The first-order chi connectivity index (χ1) is 15.9. The van der Waals surface area contributed by atoms with Gasteiger partial charge in [0, 0.05) is 12.2 Å². The third-order valence-electron chi connectivity index (χ3n) is 5.23. The van der Waals surface area contributed by atoms with E-state index in [1.54, 1.807) is 24.3 Å². The fourth-order valence-electron chi connectivity index (χ4n) is 3.55. The van der Waals surface area contributed by atoms with Crippen LogP contribution in [0.4, 0.5) is 5.69 Å². The van der Waals surface area contributed by atoms with Crippen molar-refractivity contribution in [2.75, 3.05) is 32.1 Å². The van der Waals surface area contributed by atoms with Crippen LogP contribution in [0.2, 0.25) is 0 Å². The molecule has 0 spiro atoms. The number of benzene rings is 2. The zero-order valence-electron chi connectivity index (χ0n) is 18.7. The summed E-state index contributed by atoms with van der Waals surface area (Å²) in [6.45, 7) is 2.59. The Hall–Kier alpha value is -3.46. The summed E-state index contributed by atoms with van der Waals surface area (Å²) >= 11 is 5.50. The summed E-state index contributed by atoms with van der Waals surface area (Å²) in [7, 11) is 1.27. The zero-order chi connectivity index (χ0) is 23.8. The van der Waals surface area contributed by atoms with Gasteiger partial charge in [0.15, 0.2) is 5.11 Å². The number of amides is 2. The van der Waals surface area contributed by atoms with E-state index in [0.717, 1.165) is 5.56 Å². The van der Waals surface area contributed by atoms with E-state index in [1.807, 2.05) is 37.3 Å². The molecule has 1 saturated heterocycles. The molecule has 0 aromatic heterocycles. The number of ether oxygens (including phenoxy) is 2. The molecule has 1 aliphatic heterocycles. The van der Waals surface area contributed by atoms with Crippen LogP contribution in [0.15, 0.2) is 54.6 Å². The number of nitrogens with one attached hydrogen (secondary N) is 1. The zero-order valence-corrected chi connectivity index (χ0v) is 19.5. The smallest absolute Gasteiger partial charge is 0.325 e. The molecule has 1 atom stereocenters. The number of carbonyl (C=O) groups is 3. The first kappa shape index (κ1) is 24.2. The van der Waals surface area contributed by atoms with Crippen LogP contribution in [0.1, 0.15) is 18.9 Å². The van der Waals surface area contributed by atoms with Crippen molar-refractivity contribution in [3.05, 3.63) is 60.2 Å². The van der Waals surface area contributed by atoms with Crippen LogP contribution in [-0.2, 0) is 25.5 Å². The van der Waals surface area contributed by atoms with Crippen molar-refractivity contribution in [2.24, 2.45) is 0 Å². The molecule has 0 radical (unpaired) electrons. The van der Waals surface area contributed by atoms with E-state index in [4.69, 9.17) is 21.7 Å². The molecule has 3 rings (SSSR count). The van der Waals surface area contributed by atoms with Crippen molar-refractivity contribution in [3.63, 3.8) is 0 Å². The maximum absolute atomic E-state index is 13.2. The highest BCUT2D eigenvalue weighted by Gasteiger charge is 2.44. The van der Waals surface area contributed by atoms with Gasteiger partial charge in [0.2, 0.25) is 5.91 Å². The lowest BCUT2D eigenvalue weighted by molar-refractivity contribution is -0.141. The second kappa shape index (κ2) is 11.4. The number of hydrogen-bond acceptors (Lipinski definition) is 6. The van der Waals surface area contributed by atoms with E-state index in [9.17, 15) is 14.4 Å². The molecule has 9 heteroatoms. The molecule has 2 aromatic carbocycles. The maximum Gasteiger partial charge on any atom is 0.325 e. The Morgan fingerprint density at radius 2 is 1.79 bits per heavy atom. The summed E-state index contributed by atoms with van der Waals surface area (Å²) in [4.78, 5) is 40.8. The van der Waals surface area contributed by atoms with Crippen LogP contribution in [0.3, 0.4) is 0 Å². The Morgan fingerprint density at radius 1 is 1.09 bits per heavy atom. The molecular formula is C24H27N3O5S. The second-order valence-corrected chi connectivity index (χ2v) is 7.80. The van der Waals surface area contributed by atoms with E-state index in [1.165, 1.54) is 16.9 Å². The fourth-order valence-corrected chi connectivity index (χ4v) is 3.93. The lowest BCUT2D eigenvalue weighted by Gasteiger charge is -2.22. The molecule has 2 amide bonds. The van der Waals surface area contributed by atoms with Gasteiger partial charge in [-0.25, -0.2) is 0 Å². The van der Waals surface area contributed by atoms with Crippen molar-refractivity contribution in [1.29, 1.82) is 0 Å². The molecule has 8 nitrogen and oxygen atoms in total. The lowest BCUT2D eigenvalue weighted by Crippen LogP contribution is -2.41. The van der Waals surface area contributed by atoms with Crippen LogP contribution in [-0.4, -0.2) is 65.5 Å². The van der Waals surface area contributed by atoms with Gasteiger partial charge < -0.3 is 19.7 Å². The largest absolute Gasteiger partial charge is 0.494 e. The highest BCUT2D eigenvalue weighted by molar-refractivity contribution is 7.80. The van der Waals surface area contributed by atoms with Crippen molar-refractivity contribution in [1.82, 2.24) is 9.80 Å². The number of anilines is 1. The van der Waals surface area contributed by atoms with E-state index in [-0.39, 0.29) is 29.9 Å². The second-order valence-electron chi connectivity index (χ2n) is 7.44. The number of thiocarbonyl (C=S) groups is 1. The lowest BCUT2D eigenvalue weighted by atomic mass is 10.1. The third kappa shape index (κ3) is 6.29. The molecule has 1 fully saturated rings. The molecule has 174 valence electrons. The fraction of sp³-hybridized carbons (Fsp3) is 0.333. The predicted molar refractivity (Wildman–Crippen MR) is 128 cm³/mol. The van der Waals surface area contributed by atoms with Gasteiger partial charge in [0.25, 0.3) is 5.91 Å². The maximum atomic E-state index is 13.2. The standard InChI is InChI=1S/C24H27N3O5S/c1-3-32-19-11-9-18(10-12-19)25-21(28)15-20-23(30)26(14-13-17-7-5-4-6-8-17)24(33)27(20)16-22(29)31-2/h4-12,20H,3,13-16H2,1-2H3,(H,25,28). The molecule has 33 heavy (non-hydrogen) atoms.